The summed E-state index contributed by atoms with van der Waals surface area (Å²) < 4.78 is 5.09. The summed E-state index contributed by atoms with van der Waals surface area (Å²) in [7, 11) is 1.58. The van der Waals surface area contributed by atoms with Crippen molar-refractivity contribution in [1.29, 1.82) is 5.26 Å². The number of rotatable bonds is 3. The number of benzene rings is 1. The van der Waals surface area contributed by atoms with E-state index in [1.54, 1.807) is 13.2 Å². The van der Waals surface area contributed by atoms with Gasteiger partial charge >= 0.3 is 0 Å². The van der Waals surface area contributed by atoms with E-state index in [9.17, 15) is 4.79 Å². The van der Waals surface area contributed by atoms with Crippen LogP contribution in [0.1, 0.15) is 12.0 Å². The molecular weight excluding hydrogens is 216 g/mol. The number of fused-ring (bicyclic) bond motifs is 1. The minimum absolute atomic E-state index is 0.138. The summed E-state index contributed by atoms with van der Waals surface area (Å²) in [6.45, 7) is 0. The van der Waals surface area contributed by atoms with E-state index >= 15 is 0 Å². The van der Waals surface area contributed by atoms with E-state index in [1.807, 2.05) is 24.3 Å². The lowest BCUT2D eigenvalue weighted by Gasteiger charge is -2.04. The Hall–Kier alpha value is -2.28. The quantitative estimate of drug-likeness (QED) is 0.873. The van der Waals surface area contributed by atoms with E-state index in [1.165, 1.54) is 0 Å². The predicted molar refractivity (Wildman–Crippen MR) is 65.1 cm³/mol. The van der Waals surface area contributed by atoms with Crippen molar-refractivity contribution in [3.05, 3.63) is 40.2 Å². The Bertz CT molecular complexity index is 638. The number of aromatic amines is 1. The maximum atomic E-state index is 11.7. The number of ether oxygens (including phenoxy) is 1. The molecular formula is C13H12N2O2. The van der Waals surface area contributed by atoms with Gasteiger partial charge in [0.05, 0.1) is 18.7 Å². The summed E-state index contributed by atoms with van der Waals surface area (Å²) >= 11 is 0. The van der Waals surface area contributed by atoms with Crippen LogP contribution in [0.3, 0.4) is 0 Å². The van der Waals surface area contributed by atoms with Crippen molar-refractivity contribution >= 4 is 10.9 Å². The largest absolute Gasteiger partial charge is 0.497 e. The molecule has 0 atom stereocenters. The SMILES string of the molecule is COc1ccc2cc(CCC#N)c(=O)[nH]c2c1. The van der Waals surface area contributed by atoms with E-state index in [2.05, 4.69) is 4.98 Å². The maximum Gasteiger partial charge on any atom is 0.251 e. The van der Waals surface area contributed by atoms with Gasteiger partial charge in [-0.05, 0) is 30.0 Å². The Kier molecular flexibility index (Phi) is 3.10. The van der Waals surface area contributed by atoms with Crippen molar-refractivity contribution in [2.24, 2.45) is 0 Å². The zero-order chi connectivity index (χ0) is 12.3. The lowest BCUT2D eigenvalue weighted by molar-refractivity contribution is 0.415. The zero-order valence-electron chi connectivity index (χ0n) is 9.49. The minimum atomic E-state index is -0.138. The van der Waals surface area contributed by atoms with Gasteiger partial charge in [0.1, 0.15) is 5.75 Å². The van der Waals surface area contributed by atoms with E-state index in [-0.39, 0.29) is 5.56 Å². The molecule has 17 heavy (non-hydrogen) atoms. The first-order valence-corrected chi connectivity index (χ1v) is 5.31. The topological polar surface area (TPSA) is 65.9 Å². The van der Waals surface area contributed by atoms with Gasteiger partial charge < -0.3 is 9.72 Å². The molecule has 86 valence electrons. The number of hydrogen-bond acceptors (Lipinski definition) is 3. The molecule has 4 heteroatoms. The average molecular weight is 228 g/mol. The first kappa shape index (κ1) is 11.2. The highest BCUT2D eigenvalue weighted by molar-refractivity contribution is 5.80. The monoisotopic (exact) mass is 228 g/mol. The second-order valence-electron chi connectivity index (χ2n) is 3.73. The van der Waals surface area contributed by atoms with Crippen molar-refractivity contribution in [3.63, 3.8) is 0 Å². The molecule has 0 aliphatic rings. The summed E-state index contributed by atoms with van der Waals surface area (Å²) in [4.78, 5) is 14.5. The fraction of sp³-hybridized carbons (Fsp3) is 0.231. The van der Waals surface area contributed by atoms with E-state index in [0.717, 1.165) is 10.9 Å². The molecule has 0 radical (unpaired) electrons. The van der Waals surface area contributed by atoms with Crippen LogP contribution in [0.15, 0.2) is 29.1 Å². The number of aryl methyl sites for hydroxylation is 1. The van der Waals surface area contributed by atoms with Crippen LogP contribution in [0.25, 0.3) is 10.9 Å². The summed E-state index contributed by atoms with van der Waals surface area (Å²) in [5.41, 5.74) is 1.25. The Balaban J connectivity index is 2.51. The number of nitrogens with zero attached hydrogens (tertiary/aromatic N) is 1. The van der Waals surface area contributed by atoms with Crippen molar-refractivity contribution in [2.45, 2.75) is 12.8 Å². The molecule has 0 aliphatic heterocycles. The molecule has 0 fully saturated rings. The second-order valence-corrected chi connectivity index (χ2v) is 3.73. The molecule has 4 nitrogen and oxygen atoms in total. The lowest BCUT2D eigenvalue weighted by Crippen LogP contribution is -2.12. The van der Waals surface area contributed by atoms with Crippen LogP contribution in [-0.4, -0.2) is 12.1 Å². The molecule has 1 aromatic heterocycles. The van der Waals surface area contributed by atoms with Gasteiger partial charge in [0.2, 0.25) is 0 Å². The van der Waals surface area contributed by atoms with Crippen LogP contribution in [0.4, 0.5) is 0 Å². The maximum absolute atomic E-state index is 11.7. The fourth-order valence-electron chi connectivity index (χ4n) is 1.73. The van der Waals surface area contributed by atoms with E-state index in [4.69, 9.17) is 10.00 Å². The molecule has 1 N–H and O–H groups in total. The van der Waals surface area contributed by atoms with Crippen molar-refractivity contribution < 1.29 is 4.74 Å². The highest BCUT2D eigenvalue weighted by atomic mass is 16.5. The number of hydrogen-bond donors (Lipinski definition) is 1. The number of nitriles is 1. The lowest BCUT2D eigenvalue weighted by atomic mass is 10.1. The molecule has 0 unspecified atom stereocenters. The predicted octanol–water partition coefficient (Wildman–Crippen LogP) is 1.99. The van der Waals surface area contributed by atoms with Gasteiger partial charge in [0.15, 0.2) is 0 Å². The van der Waals surface area contributed by atoms with Crippen LogP contribution >= 0.6 is 0 Å². The molecule has 1 heterocycles. The smallest absolute Gasteiger partial charge is 0.251 e. The van der Waals surface area contributed by atoms with Gasteiger partial charge in [-0.2, -0.15) is 5.26 Å². The van der Waals surface area contributed by atoms with Crippen LogP contribution in [-0.2, 0) is 6.42 Å². The number of pyridine rings is 1. The van der Waals surface area contributed by atoms with Crippen LogP contribution < -0.4 is 10.3 Å². The standard InChI is InChI=1S/C13H12N2O2/c1-17-11-5-4-9-7-10(3-2-6-14)13(16)15-12(9)8-11/h4-5,7-8H,2-3H2,1H3,(H,15,16). The van der Waals surface area contributed by atoms with Gasteiger partial charge in [-0.15, -0.1) is 0 Å². The Morgan fingerprint density at radius 1 is 1.41 bits per heavy atom. The highest BCUT2D eigenvalue weighted by Gasteiger charge is 2.03. The van der Waals surface area contributed by atoms with E-state index < -0.39 is 0 Å². The number of H-pyrrole nitrogens is 1. The number of aromatic nitrogens is 1. The summed E-state index contributed by atoms with van der Waals surface area (Å²) in [6.07, 6.45) is 0.832. The molecule has 0 aliphatic carbocycles. The van der Waals surface area contributed by atoms with Crippen LogP contribution in [0, 0.1) is 11.3 Å². The Morgan fingerprint density at radius 3 is 2.94 bits per heavy atom. The first-order chi connectivity index (χ1) is 8.24. The van der Waals surface area contributed by atoms with Gasteiger partial charge in [-0.3, -0.25) is 4.79 Å². The third-order valence-electron chi connectivity index (χ3n) is 2.64. The Morgan fingerprint density at radius 2 is 2.24 bits per heavy atom. The average Bonchev–Trinajstić information content (AvgIpc) is 2.35. The fourth-order valence-corrected chi connectivity index (χ4v) is 1.73. The third-order valence-corrected chi connectivity index (χ3v) is 2.64. The van der Waals surface area contributed by atoms with E-state index in [0.29, 0.717) is 24.2 Å². The normalized spacial score (nSPS) is 10.1. The molecule has 0 saturated carbocycles. The summed E-state index contributed by atoms with van der Waals surface area (Å²) in [5.74, 6) is 0.706. The van der Waals surface area contributed by atoms with Gasteiger partial charge in [0, 0.05) is 18.1 Å². The van der Waals surface area contributed by atoms with Gasteiger partial charge in [-0.1, -0.05) is 0 Å². The highest BCUT2D eigenvalue weighted by Crippen LogP contribution is 2.18. The second kappa shape index (κ2) is 4.71. The molecule has 2 rings (SSSR count). The van der Waals surface area contributed by atoms with Crippen molar-refractivity contribution in [1.82, 2.24) is 4.98 Å². The molecule has 0 spiro atoms. The molecule has 1 aromatic carbocycles. The number of methoxy groups -OCH3 is 1. The van der Waals surface area contributed by atoms with Crippen molar-refractivity contribution in [2.75, 3.05) is 7.11 Å². The Labute approximate surface area is 98.5 Å². The zero-order valence-corrected chi connectivity index (χ0v) is 9.49. The molecule has 0 bridgehead atoms. The molecule has 0 saturated heterocycles. The van der Waals surface area contributed by atoms with Gasteiger partial charge in [-0.25, -0.2) is 0 Å². The first-order valence-electron chi connectivity index (χ1n) is 5.31. The number of nitrogens with one attached hydrogen (secondary N) is 1. The third kappa shape index (κ3) is 2.28. The summed E-state index contributed by atoms with van der Waals surface area (Å²) in [5, 5.41) is 9.46. The van der Waals surface area contributed by atoms with Crippen LogP contribution in [0.5, 0.6) is 5.75 Å². The molecule has 2 aromatic rings. The minimum Gasteiger partial charge on any atom is -0.497 e. The van der Waals surface area contributed by atoms with Crippen LogP contribution in [0.2, 0.25) is 0 Å². The summed E-state index contributed by atoms with van der Waals surface area (Å²) in [6, 6.07) is 9.37. The molecule has 0 amide bonds. The van der Waals surface area contributed by atoms with Gasteiger partial charge in [0.25, 0.3) is 5.56 Å². The van der Waals surface area contributed by atoms with Crippen molar-refractivity contribution in [3.8, 4) is 11.8 Å².